The van der Waals surface area contributed by atoms with Crippen molar-refractivity contribution in [1.29, 1.82) is 0 Å². The van der Waals surface area contributed by atoms with Crippen LogP contribution in [-0.2, 0) is 11.2 Å². The molecule has 27 heavy (non-hydrogen) atoms. The van der Waals surface area contributed by atoms with Crippen molar-refractivity contribution < 1.29 is 4.79 Å². The number of nitrogens with zero attached hydrogens (tertiary/aromatic N) is 3. The molecule has 2 aliphatic rings. The Hall–Kier alpha value is -2.44. The highest BCUT2D eigenvalue weighted by atomic mass is 35.5. The van der Waals surface area contributed by atoms with Crippen molar-refractivity contribution in [2.45, 2.75) is 24.8 Å². The summed E-state index contributed by atoms with van der Waals surface area (Å²) in [4.78, 5) is 18.6. The average molecular weight is 382 g/mol. The minimum Gasteiger partial charge on any atom is -0.361 e. The van der Waals surface area contributed by atoms with Gasteiger partial charge < -0.3 is 15.2 Å². The van der Waals surface area contributed by atoms with Gasteiger partial charge in [-0.05, 0) is 49.2 Å². The molecule has 5 rings (SSSR count). The van der Waals surface area contributed by atoms with Crippen LogP contribution in [0.25, 0.3) is 10.9 Å². The maximum atomic E-state index is 12.9. The third-order valence-corrected chi connectivity index (χ3v) is 6.18. The molecule has 3 unspecified atom stereocenters. The Morgan fingerprint density at radius 3 is 3.00 bits per heavy atom. The van der Waals surface area contributed by atoms with E-state index in [2.05, 4.69) is 56.8 Å². The number of piperidine rings is 1. The molecule has 1 aliphatic heterocycles. The number of rotatable bonds is 2. The maximum absolute atomic E-state index is 12.9. The normalized spacial score (nSPS) is 24.6. The number of carbonyl (C=O) groups excluding carboxylic acids is 1. The third-order valence-electron chi connectivity index (χ3n) is 5.98. The number of carbonyl (C=O) groups is 1. The Morgan fingerprint density at radius 1 is 1.30 bits per heavy atom. The number of hydrogen-bond donors (Lipinski definition) is 2. The zero-order valence-electron chi connectivity index (χ0n) is 14.9. The van der Waals surface area contributed by atoms with Gasteiger partial charge in [-0.25, -0.2) is 0 Å². The minimum atomic E-state index is -0.0931. The Labute approximate surface area is 161 Å². The number of likely N-dealkylation sites (N-methyl/N-ethyl adjacent to an activating group) is 1. The van der Waals surface area contributed by atoms with Crippen LogP contribution in [0.2, 0.25) is 5.15 Å². The molecule has 138 valence electrons. The lowest BCUT2D eigenvalue weighted by molar-refractivity contribution is -0.122. The van der Waals surface area contributed by atoms with E-state index in [1.807, 2.05) is 0 Å². The number of aromatic nitrogens is 3. The quantitative estimate of drug-likeness (QED) is 0.714. The van der Waals surface area contributed by atoms with Crippen LogP contribution in [0.3, 0.4) is 0 Å². The largest absolute Gasteiger partial charge is 0.361 e. The number of aromatic amines is 1. The predicted octanol–water partition coefficient (Wildman–Crippen LogP) is 3.21. The molecule has 1 aliphatic carbocycles. The van der Waals surface area contributed by atoms with Crippen LogP contribution in [0, 0.1) is 5.92 Å². The molecule has 3 aromatic rings. The Morgan fingerprint density at radius 2 is 2.19 bits per heavy atom. The van der Waals surface area contributed by atoms with Gasteiger partial charge in [0.25, 0.3) is 0 Å². The molecule has 0 radical (unpaired) electrons. The SMILES string of the molecule is CN1CC(C(=O)Nc2ccc(Cl)nn2)CC2c3cccc4[nH]cc(c34)CC21. The van der Waals surface area contributed by atoms with E-state index in [0.29, 0.717) is 22.9 Å². The smallest absolute Gasteiger partial charge is 0.230 e. The highest BCUT2D eigenvalue weighted by Gasteiger charge is 2.41. The summed E-state index contributed by atoms with van der Waals surface area (Å²) in [6.07, 6.45) is 4.00. The van der Waals surface area contributed by atoms with Crippen LogP contribution in [0.4, 0.5) is 5.82 Å². The molecule has 2 N–H and O–H groups in total. The van der Waals surface area contributed by atoms with Crippen LogP contribution in [-0.4, -0.2) is 45.6 Å². The highest BCUT2D eigenvalue weighted by Crippen LogP contribution is 2.44. The number of anilines is 1. The van der Waals surface area contributed by atoms with Crippen LogP contribution < -0.4 is 5.32 Å². The molecule has 2 aromatic heterocycles. The molecule has 0 spiro atoms. The topological polar surface area (TPSA) is 73.9 Å². The van der Waals surface area contributed by atoms with Crippen LogP contribution in [0.1, 0.15) is 23.5 Å². The van der Waals surface area contributed by atoms with Gasteiger partial charge in [0.1, 0.15) is 0 Å². The number of benzene rings is 1. The lowest BCUT2D eigenvalue weighted by Gasteiger charge is -2.45. The molecule has 6 nitrogen and oxygen atoms in total. The molecule has 3 atom stereocenters. The van der Waals surface area contributed by atoms with Crippen molar-refractivity contribution in [1.82, 2.24) is 20.1 Å². The Bertz CT molecular complexity index is 1010. The van der Waals surface area contributed by atoms with Gasteiger partial charge >= 0.3 is 0 Å². The molecule has 3 heterocycles. The zero-order chi connectivity index (χ0) is 18.5. The summed E-state index contributed by atoms with van der Waals surface area (Å²) in [6.45, 7) is 0.740. The summed E-state index contributed by atoms with van der Waals surface area (Å²) in [5.74, 6) is 0.684. The number of fused-ring (bicyclic) bond motifs is 2. The molecular weight excluding hydrogens is 362 g/mol. The molecule has 1 saturated heterocycles. The molecule has 1 aromatic carbocycles. The van der Waals surface area contributed by atoms with E-state index < -0.39 is 0 Å². The summed E-state index contributed by atoms with van der Waals surface area (Å²) in [5.41, 5.74) is 3.93. The number of H-pyrrole nitrogens is 1. The number of halogens is 1. The monoisotopic (exact) mass is 381 g/mol. The third kappa shape index (κ3) is 2.80. The number of amides is 1. The molecular formula is C20H20ClN5O. The first-order valence-corrected chi connectivity index (χ1v) is 9.57. The molecule has 1 fully saturated rings. The van der Waals surface area contributed by atoms with Gasteiger partial charge in [0.05, 0.1) is 5.92 Å². The highest BCUT2D eigenvalue weighted by molar-refractivity contribution is 6.29. The average Bonchev–Trinajstić information content (AvgIpc) is 3.09. The van der Waals surface area contributed by atoms with Crippen LogP contribution in [0.15, 0.2) is 36.5 Å². The first-order chi connectivity index (χ1) is 13.1. The van der Waals surface area contributed by atoms with Crippen LogP contribution >= 0.6 is 11.6 Å². The van der Waals surface area contributed by atoms with E-state index >= 15 is 0 Å². The summed E-state index contributed by atoms with van der Waals surface area (Å²) in [7, 11) is 2.12. The molecule has 0 bridgehead atoms. The van der Waals surface area contributed by atoms with Gasteiger partial charge in [-0.3, -0.25) is 4.79 Å². The van der Waals surface area contributed by atoms with Crippen molar-refractivity contribution >= 4 is 34.2 Å². The predicted molar refractivity (Wildman–Crippen MR) is 105 cm³/mol. The van der Waals surface area contributed by atoms with Crippen molar-refractivity contribution in [2.75, 3.05) is 18.9 Å². The summed E-state index contributed by atoms with van der Waals surface area (Å²) in [6, 6.07) is 10.2. The first-order valence-electron chi connectivity index (χ1n) is 9.19. The van der Waals surface area contributed by atoms with E-state index in [-0.39, 0.29) is 11.8 Å². The summed E-state index contributed by atoms with van der Waals surface area (Å²) >= 11 is 5.77. The fourth-order valence-corrected chi connectivity index (χ4v) is 4.84. The van der Waals surface area contributed by atoms with Gasteiger partial charge in [0.15, 0.2) is 11.0 Å². The standard InChI is InChI=1S/C20H20ClN5O/c1-26-10-12(20(27)23-18-6-5-17(21)24-25-18)7-14-13-3-2-4-15-19(13)11(9-22-15)8-16(14)26/h2-6,9,12,14,16,22H,7-8,10H2,1H3,(H,23,25,27). The Balaban J connectivity index is 1.42. The lowest BCUT2D eigenvalue weighted by Crippen LogP contribution is -2.50. The lowest BCUT2D eigenvalue weighted by atomic mass is 9.72. The van der Waals surface area contributed by atoms with E-state index in [1.54, 1.807) is 12.1 Å². The van der Waals surface area contributed by atoms with Gasteiger partial charge in [-0.1, -0.05) is 23.7 Å². The molecule has 7 heteroatoms. The van der Waals surface area contributed by atoms with Gasteiger partial charge in [-0.15, -0.1) is 10.2 Å². The second-order valence-electron chi connectivity index (χ2n) is 7.56. The number of nitrogens with one attached hydrogen (secondary N) is 2. The van der Waals surface area contributed by atoms with E-state index in [1.165, 1.54) is 22.0 Å². The van der Waals surface area contributed by atoms with Gasteiger partial charge in [0.2, 0.25) is 5.91 Å². The first kappa shape index (κ1) is 16.7. The van der Waals surface area contributed by atoms with E-state index in [4.69, 9.17) is 11.6 Å². The van der Waals surface area contributed by atoms with Crippen LogP contribution in [0.5, 0.6) is 0 Å². The second kappa shape index (κ2) is 6.32. The van der Waals surface area contributed by atoms with Crippen molar-refractivity contribution in [3.63, 3.8) is 0 Å². The number of hydrogen-bond acceptors (Lipinski definition) is 4. The maximum Gasteiger partial charge on any atom is 0.230 e. The van der Waals surface area contributed by atoms with Crippen molar-refractivity contribution in [3.8, 4) is 0 Å². The van der Waals surface area contributed by atoms with E-state index in [9.17, 15) is 4.79 Å². The summed E-state index contributed by atoms with van der Waals surface area (Å²) in [5, 5.41) is 12.3. The fourth-order valence-electron chi connectivity index (χ4n) is 4.74. The molecule has 1 amide bonds. The minimum absolute atomic E-state index is 0.0102. The van der Waals surface area contributed by atoms with Crippen molar-refractivity contribution in [2.24, 2.45) is 5.92 Å². The molecule has 0 saturated carbocycles. The van der Waals surface area contributed by atoms with E-state index in [0.717, 1.165) is 19.4 Å². The van der Waals surface area contributed by atoms with Gasteiger partial charge in [0, 0.05) is 35.6 Å². The number of likely N-dealkylation sites (tertiary alicyclic amines) is 1. The zero-order valence-corrected chi connectivity index (χ0v) is 15.7. The fraction of sp³-hybridized carbons (Fsp3) is 0.350. The Kier molecular flexibility index (Phi) is 3.91. The summed E-state index contributed by atoms with van der Waals surface area (Å²) < 4.78 is 0. The van der Waals surface area contributed by atoms with Gasteiger partial charge in [-0.2, -0.15) is 0 Å². The van der Waals surface area contributed by atoms with Crippen molar-refractivity contribution in [3.05, 3.63) is 52.8 Å². The second-order valence-corrected chi connectivity index (χ2v) is 7.95.